The molecule has 0 amide bonds. The summed E-state index contributed by atoms with van der Waals surface area (Å²) in [7, 11) is 0. The van der Waals surface area contributed by atoms with Crippen molar-refractivity contribution in [3.05, 3.63) is 0 Å². The molecule has 0 aliphatic heterocycles. The van der Waals surface area contributed by atoms with Crippen molar-refractivity contribution < 1.29 is 0 Å². The summed E-state index contributed by atoms with van der Waals surface area (Å²) in [6.45, 7) is 10.6. The Labute approximate surface area is 71.6 Å². The molecule has 0 spiro atoms. The van der Waals surface area contributed by atoms with Crippen LogP contribution < -0.4 is 11.1 Å². The number of hydrogen-bond acceptors (Lipinski definition) is 2. The van der Waals surface area contributed by atoms with Gasteiger partial charge in [-0.1, -0.05) is 27.2 Å². The van der Waals surface area contributed by atoms with Crippen LogP contribution in [-0.2, 0) is 0 Å². The minimum Gasteiger partial charge on any atom is -0.328 e. The van der Waals surface area contributed by atoms with E-state index >= 15 is 0 Å². The minimum absolute atomic E-state index is 0.398. The Balaban J connectivity index is 0. The lowest BCUT2D eigenvalue weighted by Crippen LogP contribution is -2.13. The molecule has 2 heteroatoms. The van der Waals surface area contributed by atoms with Crippen LogP contribution in [0.3, 0.4) is 0 Å². The van der Waals surface area contributed by atoms with Crippen LogP contribution in [-0.4, -0.2) is 19.1 Å². The maximum absolute atomic E-state index is 5.40. The zero-order valence-electron chi connectivity index (χ0n) is 8.48. The maximum atomic E-state index is 5.40. The molecule has 70 valence electrons. The van der Waals surface area contributed by atoms with Crippen LogP contribution in [0.1, 0.15) is 40.5 Å². The third-order valence-corrected chi connectivity index (χ3v) is 1.24. The van der Waals surface area contributed by atoms with Crippen molar-refractivity contribution >= 4 is 0 Å². The monoisotopic (exact) mass is 160 g/mol. The van der Waals surface area contributed by atoms with Gasteiger partial charge in [0.05, 0.1) is 0 Å². The van der Waals surface area contributed by atoms with Crippen LogP contribution in [0.5, 0.6) is 0 Å². The molecule has 0 fully saturated rings. The molecule has 0 saturated heterocycles. The van der Waals surface area contributed by atoms with Crippen LogP contribution in [0, 0.1) is 0 Å². The molecule has 0 aromatic rings. The Morgan fingerprint density at radius 3 is 1.64 bits per heavy atom. The Morgan fingerprint density at radius 2 is 1.64 bits per heavy atom. The average molecular weight is 160 g/mol. The van der Waals surface area contributed by atoms with Gasteiger partial charge in [0.15, 0.2) is 0 Å². The van der Waals surface area contributed by atoms with Crippen molar-refractivity contribution in [3.8, 4) is 0 Å². The lowest BCUT2D eigenvalue weighted by atomic mass is 10.2. The summed E-state index contributed by atoms with van der Waals surface area (Å²) < 4.78 is 0. The number of nitrogens with two attached hydrogens (primary N) is 1. The van der Waals surface area contributed by atoms with Gasteiger partial charge < -0.3 is 11.1 Å². The summed E-state index contributed by atoms with van der Waals surface area (Å²) in [6.07, 6.45) is 2.36. The lowest BCUT2D eigenvalue weighted by Gasteiger charge is -1.96. The molecular formula is C9H24N2. The summed E-state index contributed by atoms with van der Waals surface area (Å²) >= 11 is 0. The molecule has 0 aliphatic rings. The summed E-state index contributed by atoms with van der Waals surface area (Å²) in [5.74, 6) is 0. The topological polar surface area (TPSA) is 38.0 Å². The van der Waals surface area contributed by atoms with Crippen LogP contribution in [0.4, 0.5) is 0 Å². The average Bonchev–Trinajstić information content (AvgIpc) is 1.90. The third kappa shape index (κ3) is 25.7. The zero-order chi connectivity index (χ0) is 9.11. The first-order valence-electron chi connectivity index (χ1n) is 4.65. The van der Waals surface area contributed by atoms with E-state index in [-0.39, 0.29) is 0 Å². The molecule has 3 N–H and O–H groups in total. The molecule has 1 unspecified atom stereocenters. The van der Waals surface area contributed by atoms with E-state index in [2.05, 4.69) is 26.1 Å². The van der Waals surface area contributed by atoms with Gasteiger partial charge in [-0.25, -0.2) is 0 Å². The predicted octanol–water partition coefficient (Wildman–Crippen LogP) is 1.75. The SMILES string of the molecule is CCCC(C)N.CCNCC. The normalized spacial score (nSPS) is 11.7. The van der Waals surface area contributed by atoms with Crippen LogP contribution in [0.15, 0.2) is 0 Å². The molecule has 0 saturated carbocycles. The lowest BCUT2D eigenvalue weighted by molar-refractivity contribution is 0.653. The first-order chi connectivity index (χ1) is 5.18. The van der Waals surface area contributed by atoms with Gasteiger partial charge in [-0.15, -0.1) is 0 Å². The van der Waals surface area contributed by atoms with Gasteiger partial charge in [0, 0.05) is 6.04 Å². The van der Waals surface area contributed by atoms with E-state index in [4.69, 9.17) is 5.73 Å². The first-order valence-corrected chi connectivity index (χ1v) is 4.65. The highest BCUT2D eigenvalue weighted by Crippen LogP contribution is 1.88. The van der Waals surface area contributed by atoms with Gasteiger partial charge in [0.2, 0.25) is 0 Å². The second-order valence-electron chi connectivity index (χ2n) is 2.72. The predicted molar refractivity (Wildman–Crippen MR) is 52.8 cm³/mol. The summed E-state index contributed by atoms with van der Waals surface area (Å²) in [6, 6.07) is 0.398. The van der Waals surface area contributed by atoms with Gasteiger partial charge in [-0.3, -0.25) is 0 Å². The highest BCUT2D eigenvalue weighted by atomic mass is 14.8. The molecular weight excluding hydrogens is 136 g/mol. The first kappa shape index (κ1) is 13.5. The van der Waals surface area contributed by atoms with Crippen LogP contribution >= 0.6 is 0 Å². The number of hydrogen-bond donors (Lipinski definition) is 2. The largest absolute Gasteiger partial charge is 0.328 e. The fourth-order valence-electron chi connectivity index (χ4n) is 0.705. The molecule has 0 aromatic heterocycles. The highest BCUT2D eigenvalue weighted by Gasteiger charge is 1.85. The maximum Gasteiger partial charge on any atom is 0.00103 e. The number of rotatable bonds is 4. The van der Waals surface area contributed by atoms with Crippen molar-refractivity contribution in [2.75, 3.05) is 13.1 Å². The zero-order valence-corrected chi connectivity index (χ0v) is 8.48. The van der Waals surface area contributed by atoms with E-state index in [1.54, 1.807) is 0 Å². The molecule has 0 bridgehead atoms. The Kier molecular flexibility index (Phi) is 15.4. The second kappa shape index (κ2) is 12.6. The number of nitrogens with one attached hydrogen (secondary N) is 1. The molecule has 0 heterocycles. The standard InChI is InChI=1S/C5H13N.C4H11N/c1-3-4-5(2)6;1-3-5-4-2/h5H,3-4,6H2,1-2H3;5H,3-4H2,1-2H3. The van der Waals surface area contributed by atoms with E-state index in [0.717, 1.165) is 19.5 Å². The van der Waals surface area contributed by atoms with E-state index in [1.165, 1.54) is 6.42 Å². The summed E-state index contributed by atoms with van der Waals surface area (Å²) in [5, 5.41) is 3.11. The van der Waals surface area contributed by atoms with Gasteiger partial charge >= 0.3 is 0 Å². The van der Waals surface area contributed by atoms with E-state index in [9.17, 15) is 0 Å². The third-order valence-electron chi connectivity index (χ3n) is 1.24. The van der Waals surface area contributed by atoms with Gasteiger partial charge in [0.1, 0.15) is 0 Å². The van der Waals surface area contributed by atoms with Crippen molar-refractivity contribution in [2.24, 2.45) is 5.73 Å². The molecule has 0 aliphatic carbocycles. The van der Waals surface area contributed by atoms with Crippen molar-refractivity contribution in [3.63, 3.8) is 0 Å². The van der Waals surface area contributed by atoms with Crippen LogP contribution in [0.25, 0.3) is 0 Å². The molecule has 0 aromatic carbocycles. The van der Waals surface area contributed by atoms with Gasteiger partial charge in [0.25, 0.3) is 0 Å². The van der Waals surface area contributed by atoms with E-state index in [1.807, 2.05) is 6.92 Å². The quantitative estimate of drug-likeness (QED) is 0.657. The van der Waals surface area contributed by atoms with Crippen molar-refractivity contribution in [1.82, 2.24) is 5.32 Å². The molecule has 1 atom stereocenters. The second-order valence-corrected chi connectivity index (χ2v) is 2.72. The Bertz CT molecular complexity index is 51.5. The van der Waals surface area contributed by atoms with Crippen molar-refractivity contribution in [1.29, 1.82) is 0 Å². The summed E-state index contributed by atoms with van der Waals surface area (Å²) in [4.78, 5) is 0. The van der Waals surface area contributed by atoms with Gasteiger partial charge in [-0.05, 0) is 26.4 Å². The highest BCUT2D eigenvalue weighted by molar-refractivity contribution is 4.47. The minimum atomic E-state index is 0.398. The van der Waals surface area contributed by atoms with E-state index < -0.39 is 0 Å². The van der Waals surface area contributed by atoms with Crippen molar-refractivity contribution in [2.45, 2.75) is 46.6 Å². The Hall–Kier alpha value is -0.0800. The van der Waals surface area contributed by atoms with E-state index in [0.29, 0.717) is 6.04 Å². The molecule has 11 heavy (non-hydrogen) atoms. The smallest absolute Gasteiger partial charge is 0.00103 e. The molecule has 2 nitrogen and oxygen atoms in total. The Morgan fingerprint density at radius 1 is 1.18 bits per heavy atom. The summed E-state index contributed by atoms with van der Waals surface area (Å²) in [5.41, 5.74) is 5.40. The van der Waals surface area contributed by atoms with Gasteiger partial charge in [-0.2, -0.15) is 0 Å². The fourth-order valence-corrected chi connectivity index (χ4v) is 0.705. The van der Waals surface area contributed by atoms with Crippen LogP contribution in [0.2, 0.25) is 0 Å². The fraction of sp³-hybridized carbons (Fsp3) is 1.00. The molecule has 0 radical (unpaired) electrons. The molecule has 0 rings (SSSR count).